The van der Waals surface area contributed by atoms with Gasteiger partial charge in [-0.05, 0) is 26.2 Å². The van der Waals surface area contributed by atoms with Crippen molar-refractivity contribution in [2.24, 2.45) is 0 Å². The molecule has 108 valence electrons. The summed E-state index contributed by atoms with van der Waals surface area (Å²) in [5.41, 5.74) is 0.114. The van der Waals surface area contributed by atoms with Gasteiger partial charge in [0.15, 0.2) is 5.82 Å². The second kappa shape index (κ2) is 6.81. The molecule has 2 rings (SSSR count). The van der Waals surface area contributed by atoms with E-state index in [4.69, 9.17) is 4.52 Å². The topological polar surface area (TPSA) is 42.2 Å². The van der Waals surface area contributed by atoms with E-state index in [0.717, 1.165) is 24.4 Å². The summed E-state index contributed by atoms with van der Waals surface area (Å²) in [6.07, 6.45) is 0. The van der Waals surface area contributed by atoms with Crippen molar-refractivity contribution >= 4 is 11.8 Å². The smallest absolute Gasteiger partial charge is 0.260 e. The number of hydrogen-bond acceptors (Lipinski definition) is 5. The summed E-state index contributed by atoms with van der Waals surface area (Å²) < 4.78 is 31.4. The predicted octanol–water partition coefficient (Wildman–Crippen LogP) is 2.81. The van der Waals surface area contributed by atoms with Crippen LogP contribution in [-0.2, 0) is 5.75 Å². The first-order valence-electron chi connectivity index (χ1n) is 6.07. The van der Waals surface area contributed by atoms with E-state index in [0.29, 0.717) is 11.6 Å². The van der Waals surface area contributed by atoms with Crippen LogP contribution in [0.1, 0.15) is 5.82 Å². The molecule has 0 aliphatic heterocycles. The first-order chi connectivity index (χ1) is 9.56. The van der Waals surface area contributed by atoms with E-state index in [-0.39, 0.29) is 11.5 Å². The number of hydrogen-bond donors (Lipinski definition) is 0. The van der Waals surface area contributed by atoms with Crippen molar-refractivity contribution in [3.63, 3.8) is 0 Å². The lowest BCUT2D eigenvalue weighted by Gasteiger charge is -2.07. The first-order valence-corrected chi connectivity index (χ1v) is 7.22. The average molecular weight is 299 g/mol. The Balaban J connectivity index is 1.98. The maximum atomic E-state index is 13.6. The first kappa shape index (κ1) is 14.9. The van der Waals surface area contributed by atoms with Crippen molar-refractivity contribution in [3.05, 3.63) is 35.7 Å². The fraction of sp³-hybridized carbons (Fsp3) is 0.385. The molecule has 1 heterocycles. The summed E-state index contributed by atoms with van der Waals surface area (Å²) >= 11 is 1.67. The zero-order valence-corrected chi connectivity index (χ0v) is 12.1. The molecule has 0 unspecified atom stereocenters. The van der Waals surface area contributed by atoms with Crippen LogP contribution in [0, 0.1) is 11.6 Å². The SMILES string of the molecule is CN(C)CCSCc1noc(-c2ccc(F)cc2F)n1. The van der Waals surface area contributed by atoms with E-state index >= 15 is 0 Å². The van der Waals surface area contributed by atoms with Crippen molar-refractivity contribution in [2.75, 3.05) is 26.4 Å². The van der Waals surface area contributed by atoms with Gasteiger partial charge in [-0.2, -0.15) is 16.7 Å². The highest BCUT2D eigenvalue weighted by Gasteiger charge is 2.13. The highest BCUT2D eigenvalue weighted by Crippen LogP contribution is 2.22. The lowest BCUT2D eigenvalue weighted by Crippen LogP contribution is -2.14. The monoisotopic (exact) mass is 299 g/mol. The molecule has 0 saturated carbocycles. The molecule has 0 bridgehead atoms. The van der Waals surface area contributed by atoms with E-state index in [9.17, 15) is 8.78 Å². The fourth-order valence-electron chi connectivity index (χ4n) is 1.50. The van der Waals surface area contributed by atoms with E-state index in [1.807, 2.05) is 14.1 Å². The van der Waals surface area contributed by atoms with Gasteiger partial charge in [0.25, 0.3) is 5.89 Å². The van der Waals surface area contributed by atoms with Gasteiger partial charge in [0.1, 0.15) is 11.6 Å². The molecular weight excluding hydrogens is 284 g/mol. The fourth-order valence-corrected chi connectivity index (χ4v) is 2.43. The average Bonchev–Trinajstić information content (AvgIpc) is 2.83. The Bertz CT molecular complexity index is 574. The van der Waals surface area contributed by atoms with Crippen LogP contribution in [-0.4, -0.2) is 41.4 Å². The molecule has 2 aromatic rings. The Morgan fingerprint density at radius 3 is 2.80 bits per heavy atom. The summed E-state index contributed by atoms with van der Waals surface area (Å²) in [4.78, 5) is 6.20. The van der Waals surface area contributed by atoms with Gasteiger partial charge in [0.05, 0.1) is 11.3 Å². The van der Waals surface area contributed by atoms with Crippen LogP contribution < -0.4 is 0 Å². The molecule has 4 nitrogen and oxygen atoms in total. The van der Waals surface area contributed by atoms with Crippen molar-refractivity contribution in [1.29, 1.82) is 0 Å². The maximum absolute atomic E-state index is 13.6. The molecule has 0 aliphatic carbocycles. The highest BCUT2D eigenvalue weighted by atomic mass is 32.2. The highest BCUT2D eigenvalue weighted by molar-refractivity contribution is 7.98. The number of aromatic nitrogens is 2. The Morgan fingerprint density at radius 2 is 2.10 bits per heavy atom. The molecule has 0 amide bonds. The van der Waals surface area contributed by atoms with E-state index in [2.05, 4.69) is 15.0 Å². The second-order valence-corrected chi connectivity index (χ2v) is 5.60. The van der Waals surface area contributed by atoms with Gasteiger partial charge in [-0.3, -0.25) is 0 Å². The van der Waals surface area contributed by atoms with Gasteiger partial charge in [0, 0.05) is 18.4 Å². The largest absolute Gasteiger partial charge is 0.334 e. The zero-order valence-electron chi connectivity index (χ0n) is 11.3. The van der Waals surface area contributed by atoms with Gasteiger partial charge in [-0.25, -0.2) is 8.78 Å². The maximum Gasteiger partial charge on any atom is 0.260 e. The normalized spacial score (nSPS) is 11.2. The third-order valence-corrected chi connectivity index (χ3v) is 3.48. The molecule has 20 heavy (non-hydrogen) atoms. The minimum atomic E-state index is -0.708. The Hall–Kier alpha value is -1.47. The Labute approximate surface area is 120 Å². The minimum absolute atomic E-state index is 0.0747. The Morgan fingerprint density at radius 1 is 1.30 bits per heavy atom. The van der Waals surface area contributed by atoms with Crippen molar-refractivity contribution in [2.45, 2.75) is 5.75 Å². The summed E-state index contributed by atoms with van der Waals surface area (Å²) in [6, 6.07) is 3.25. The molecule has 0 saturated heterocycles. The summed E-state index contributed by atoms with van der Waals surface area (Å²) in [5, 5.41) is 3.79. The van der Waals surface area contributed by atoms with Crippen LogP contribution >= 0.6 is 11.8 Å². The molecule has 0 N–H and O–H groups in total. The molecule has 0 fully saturated rings. The third kappa shape index (κ3) is 4.01. The summed E-state index contributed by atoms with van der Waals surface area (Å²) in [7, 11) is 4.01. The van der Waals surface area contributed by atoms with Crippen LogP contribution in [0.2, 0.25) is 0 Å². The number of thioether (sulfide) groups is 1. The van der Waals surface area contributed by atoms with Crippen LogP contribution in [0.3, 0.4) is 0 Å². The molecule has 7 heteroatoms. The third-order valence-electron chi connectivity index (χ3n) is 2.54. The summed E-state index contributed by atoms with van der Waals surface area (Å²) in [5.74, 6) is 0.783. The van der Waals surface area contributed by atoms with Gasteiger partial charge in [0.2, 0.25) is 0 Å². The molecule has 1 aromatic carbocycles. The number of benzene rings is 1. The second-order valence-electron chi connectivity index (χ2n) is 4.50. The Kier molecular flexibility index (Phi) is 5.08. The minimum Gasteiger partial charge on any atom is -0.334 e. The van der Waals surface area contributed by atoms with E-state index in [1.165, 1.54) is 6.07 Å². The van der Waals surface area contributed by atoms with Crippen molar-refractivity contribution in [3.8, 4) is 11.5 Å². The molecule has 1 aromatic heterocycles. The van der Waals surface area contributed by atoms with Gasteiger partial charge in [-0.15, -0.1) is 0 Å². The number of nitrogens with zero attached hydrogens (tertiary/aromatic N) is 3. The molecule has 0 aliphatic rings. The predicted molar refractivity (Wildman–Crippen MR) is 74.4 cm³/mol. The van der Waals surface area contributed by atoms with Gasteiger partial charge < -0.3 is 9.42 Å². The van der Waals surface area contributed by atoms with Crippen LogP contribution in [0.5, 0.6) is 0 Å². The van der Waals surface area contributed by atoms with E-state index < -0.39 is 11.6 Å². The quantitative estimate of drug-likeness (QED) is 0.767. The molecule has 0 radical (unpaired) electrons. The standard InChI is InChI=1S/C13H15F2N3OS/c1-18(2)5-6-20-8-12-16-13(19-17-12)10-4-3-9(14)7-11(10)15/h3-4,7H,5-6,8H2,1-2H3. The van der Waals surface area contributed by atoms with Gasteiger partial charge in [-0.1, -0.05) is 5.16 Å². The number of halogens is 2. The number of rotatable bonds is 6. The van der Waals surface area contributed by atoms with Crippen LogP contribution in [0.25, 0.3) is 11.5 Å². The summed E-state index contributed by atoms with van der Waals surface area (Å²) in [6.45, 7) is 0.960. The lowest BCUT2D eigenvalue weighted by atomic mass is 10.2. The zero-order chi connectivity index (χ0) is 14.5. The van der Waals surface area contributed by atoms with Gasteiger partial charge >= 0.3 is 0 Å². The van der Waals surface area contributed by atoms with E-state index in [1.54, 1.807) is 11.8 Å². The lowest BCUT2D eigenvalue weighted by molar-refractivity contribution is 0.422. The molecule has 0 spiro atoms. The van der Waals surface area contributed by atoms with Crippen LogP contribution in [0.15, 0.2) is 22.7 Å². The van der Waals surface area contributed by atoms with Crippen molar-refractivity contribution < 1.29 is 13.3 Å². The molecular formula is C13H15F2N3OS. The van der Waals surface area contributed by atoms with Crippen LogP contribution in [0.4, 0.5) is 8.78 Å². The van der Waals surface area contributed by atoms with Crippen molar-refractivity contribution in [1.82, 2.24) is 15.0 Å². The molecule has 0 atom stereocenters.